The molecule has 0 spiro atoms. The molecule has 5 heteroatoms. The number of carbonyl (C=O) groups is 1. The number of hydrogen-bond acceptors (Lipinski definition) is 3. The Balaban J connectivity index is 1.81. The highest BCUT2D eigenvalue weighted by atomic mass is 32.2. The van der Waals surface area contributed by atoms with E-state index >= 15 is 0 Å². The summed E-state index contributed by atoms with van der Waals surface area (Å²) >= 11 is 1.30. The molecule has 2 aromatic rings. The van der Waals surface area contributed by atoms with E-state index in [-0.39, 0.29) is 17.2 Å². The van der Waals surface area contributed by atoms with Crippen LogP contribution in [0.25, 0.3) is 0 Å². The van der Waals surface area contributed by atoms with Gasteiger partial charge in [-0.2, -0.15) is 4.73 Å². The van der Waals surface area contributed by atoms with Crippen LogP contribution < -0.4 is 9.63 Å². The van der Waals surface area contributed by atoms with E-state index in [1.54, 1.807) is 12.1 Å². The number of carbonyl (C=O) groups excluding carboxylic acids is 1. The molecule has 1 aliphatic heterocycles. The molecule has 0 fully saturated rings. The highest BCUT2D eigenvalue weighted by Gasteiger charge is 2.34. The lowest BCUT2D eigenvalue weighted by Gasteiger charge is -2.25. The summed E-state index contributed by atoms with van der Waals surface area (Å²) in [5.74, 6) is 0.0475. The molecule has 114 valence electrons. The van der Waals surface area contributed by atoms with Gasteiger partial charge in [0.25, 0.3) is 5.03 Å². The highest BCUT2D eigenvalue weighted by molar-refractivity contribution is 8.00. The largest absolute Gasteiger partial charge is 0.618 e. The molecule has 0 radical (unpaired) electrons. The van der Waals surface area contributed by atoms with Gasteiger partial charge in [-0.1, -0.05) is 18.2 Å². The molecule has 1 aliphatic rings. The maximum Gasteiger partial charge on any atom is 0.252 e. The summed E-state index contributed by atoms with van der Waals surface area (Å²) in [5, 5.41) is 12.0. The van der Waals surface area contributed by atoms with Gasteiger partial charge in [-0.15, -0.1) is 0 Å². The van der Waals surface area contributed by atoms with E-state index in [9.17, 15) is 10.0 Å². The summed E-state index contributed by atoms with van der Waals surface area (Å²) in [7, 11) is 0. The van der Waals surface area contributed by atoms with Crippen LogP contribution in [0.3, 0.4) is 0 Å². The Kier molecular flexibility index (Phi) is 4.07. The molecule has 0 unspecified atom stereocenters. The zero-order valence-electron chi connectivity index (χ0n) is 12.6. The summed E-state index contributed by atoms with van der Waals surface area (Å²) in [6, 6.07) is 13.4. The lowest BCUT2D eigenvalue weighted by molar-refractivity contribution is -0.645. The normalized spacial score (nSPS) is 18.1. The topological polar surface area (TPSA) is 47.2 Å². The molecule has 1 aromatic heterocycles. The standard InChI is InChI=1S/C17H18N2O2S/c1-12-11-14-7-3-4-8-15(14)19(12)17(20)13(2)22-16-9-5-6-10-18(16)21/h3-10,12-13H,11H2,1-2H3/t12-,13-/m0/s1. The van der Waals surface area contributed by atoms with E-state index in [0.717, 1.165) is 16.8 Å². The van der Waals surface area contributed by atoms with Crippen LogP contribution in [0, 0.1) is 5.21 Å². The second-order valence-electron chi connectivity index (χ2n) is 5.51. The summed E-state index contributed by atoms with van der Waals surface area (Å²) in [5.41, 5.74) is 2.20. The zero-order chi connectivity index (χ0) is 15.7. The molecular weight excluding hydrogens is 296 g/mol. The second kappa shape index (κ2) is 6.01. The summed E-state index contributed by atoms with van der Waals surface area (Å²) in [6.45, 7) is 3.92. The van der Waals surface area contributed by atoms with Crippen molar-refractivity contribution >= 4 is 23.4 Å². The van der Waals surface area contributed by atoms with Crippen LogP contribution in [-0.4, -0.2) is 17.2 Å². The van der Waals surface area contributed by atoms with E-state index in [4.69, 9.17) is 0 Å². The Bertz CT molecular complexity index is 705. The molecule has 0 saturated heterocycles. The number of para-hydroxylation sites is 1. The van der Waals surface area contributed by atoms with E-state index in [1.807, 2.05) is 36.1 Å². The van der Waals surface area contributed by atoms with Gasteiger partial charge in [0.15, 0.2) is 6.20 Å². The van der Waals surface area contributed by atoms with Crippen molar-refractivity contribution in [1.29, 1.82) is 0 Å². The first kappa shape index (κ1) is 14.9. The Morgan fingerprint density at radius 1 is 1.32 bits per heavy atom. The van der Waals surface area contributed by atoms with Gasteiger partial charge >= 0.3 is 0 Å². The summed E-state index contributed by atoms with van der Waals surface area (Å²) in [6.07, 6.45) is 2.33. The Hall–Kier alpha value is -2.01. The number of rotatable bonds is 3. The highest BCUT2D eigenvalue weighted by Crippen LogP contribution is 2.34. The van der Waals surface area contributed by atoms with Gasteiger partial charge in [0.2, 0.25) is 5.91 Å². The number of benzene rings is 1. The molecule has 2 heterocycles. The fourth-order valence-corrected chi connectivity index (χ4v) is 3.73. The minimum absolute atomic E-state index is 0.0475. The molecular formula is C17H18N2O2S. The van der Waals surface area contributed by atoms with Crippen LogP contribution >= 0.6 is 11.8 Å². The molecule has 22 heavy (non-hydrogen) atoms. The number of hydrogen-bond donors (Lipinski definition) is 0. The van der Waals surface area contributed by atoms with Gasteiger partial charge in [-0.25, -0.2) is 0 Å². The Morgan fingerprint density at radius 3 is 2.82 bits per heavy atom. The van der Waals surface area contributed by atoms with E-state index < -0.39 is 0 Å². The maximum atomic E-state index is 12.8. The first-order valence-corrected chi connectivity index (χ1v) is 8.21. The Morgan fingerprint density at radius 2 is 2.05 bits per heavy atom. The number of nitrogens with zero attached hydrogens (tertiary/aromatic N) is 2. The first-order chi connectivity index (χ1) is 10.6. The number of anilines is 1. The molecule has 0 bridgehead atoms. The number of pyridine rings is 1. The van der Waals surface area contributed by atoms with Crippen molar-refractivity contribution in [2.24, 2.45) is 0 Å². The van der Waals surface area contributed by atoms with Crippen LogP contribution in [0.15, 0.2) is 53.7 Å². The average Bonchev–Trinajstić information content (AvgIpc) is 2.84. The lowest BCUT2D eigenvalue weighted by Crippen LogP contribution is -2.41. The predicted molar refractivity (Wildman–Crippen MR) is 87.8 cm³/mol. The summed E-state index contributed by atoms with van der Waals surface area (Å²) in [4.78, 5) is 14.7. The molecule has 2 atom stereocenters. The van der Waals surface area contributed by atoms with Crippen molar-refractivity contribution in [3.8, 4) is 0 Å². The average molecular weight is 314 g/mol. The van der Waals surface area contributed by atoms with Crippen molar-refractivity contribution in [3.05, 3.63) is 59.4 Å². The fourth-order valence-electron chi connectivity index (χ4n) is 2.83. The quantitative estimate of drug-likeness (QED) is 0.497. The second-order valence-corrected chi connectivity index (χ2v) is 6.88. The SMILES string of the molecule is C[C@H](Sc1cccc[n+]1[O-])C(=O)N1c2ccccc2C[C@@H]1C. The van der Waals surface area contributed by atoms with Gasteiger partial charge in [0.05, 0.1) is 5.25 Å². The number of amides is 1. The number of fused-ring (bicyclic) bond motifs is 1. The van der Waals surface area contributed by atoms with Crippen molar-refractivity contribution in [2.45, 2.75) is 36.6 Å². The zero-order valence-corrected chi connectivity index (χ0v) is 13.4. The van der Waals surface area contributed by atoms with Gasteiger partial charge in [0.1, 0.15) is 0 Å². The van der Waals surface area contributed by atoms with Crippen molar-refractivity contribution in [3.63, 3.8) is 0 Å². The smallest absolute Gasteiger partial charge is 0.252 e. The van der Waals surface area contributed by atoms with Gasteiger partial charge in [0, 0.05) is 23.9 Å². The van der Waals surface area contributed by atoms with Crippen LogP contribution in [0.4, 0.5) is 5.69 Å². The van der Waals surface area contributed by atoms with E-state index in [0.29, 0.717) is 5.03 Å². The monoisotopic (exact) mass is 314 g/mol. The van der Waals surface area contributed by atoms with Gasteiger partial charge < -0.3 is 10.1 Å². The van der Waals surface area contributed by atoms with Gasteiger partial charge in [-0.3, -0.25) is 4.79 Å². The third-order valence-corrected chi connectivity index (χ3v) is 4.99. The van der Waals surface area contributed by atoms with E-state index in [2.05, 4.69) is 13.0 Å². The number of thioether (sulfide) groups is 1. The minimum atomic E-state index is -0.309. The lowest BCUT2D eigenvalue weighted by atomic mass is 10.1. The third kappa shape index (κ3) is 2.68. The van der Waals surface area contributed by atoms with Crippen molar-refractivity contribution in [2.75, 3.05) is 4.90 Å². The molecule has 0 N–H and O–H groups in total. The Labute approximate surface area is 134 Å². The van der Waals surface area contributed by atoms with Crippen LogP contribution in [-0.2, 0) is 11.2 Å². The van der Waals surface area contributed by atoms with Crippen molar-refractivity contribution < 1.29 is 9.52 Å². The maximum absolute atomic E-state index is 12.8. The third-order valence-electron chi connectivity index (χ3n) is 3.88. The molecule has 1 aromatic carbocycles. The number of aromatic nitrogens is 1. The minimum Gasteiger partial charge on any atom is -0.618 e. The molecule has 4 nitrogen and oxygen atoms in total. The molecule has 3 rings (SSSR count). The molecule has 1 amide bonds. The van der Waals surface area contributed by atoms with E-state index in [1.165, 1.54) is 23.5 Å². The van der Waals surface area contributed by atoms with Crippen LogP contribution in [0.2, 0.25) is 0 Å². The summed E-state index contributed by atoms with van der Waals surface area (Å²) < 4.78 is 0.801. The first-order valence-electron chi connectivity index (χ1n) is 7.33. The molecule has 0 saturated carbocycles. The van der Waals surface area contributed by atoms with Crippen LogP contribution in [0.5, 0.6) is 0 Å². The fraction of sp³-hybridized carbons (Fsp3) is 0.294. The van der Waals surface area contributed by atoms with Crippen LogP contribution in [0.1, 0.15) is 19.4 Å². The predicted octanol–water partition coefficient (Wildman–Crippen LogP) is 2.78. The van der Waals surface area contributed by atoms with Crippen molar-refractivity contribution in [1.82, 2.24) is 0 Å². The van der Waals surface area contributed by atoms with Gasteiger partial charge in [-0.05, 0) is 49.7 Å². The molecule has 0 aliphatic carbocycles.